The van der Waals surface area contributed by atoms with Gasteiger partial charge < -0.3 is 5.11 Å². The van der Waals surface area contributed by atoms with Crippen LogP contribution in [0.25, 0.3) is 0 Å². The maximum absolute atomic E-state index is 9.98. The van der Waals surface area contributed by atoms with Crippen LogP contribution in [0.4, 0.5) is 0 Å². The zero-order chi connectivity index (χ0) is 10.8. The Morgan fingerprint density at radius 1 is 1.53 bits per heavy atom. The van der Waals surface area contributed by atoms with Crippen molar-refractivity contribution >= 4 is 0 Å². The Morgan fingerprint density at radius 2 is 2.33 bits per heavy atom. The van der Waals surface area contributed by atoms with Crippen molar-refractivity contribution in [2.24, 2.45) is 7.05 Å². The first-order valence-electron chi connectivity index (χ1n) is 4.90. The average Bonchev–Trinajstić information content (AvgIpc) is 2.84. The molecule has 5 heteroatoms. The molecular formula is C10H14N4O. The normalized spacial score (nSPS) is 13.0. The minimum atomic E-state index is -0.688. The minimum Gasteiger partial charge on any atom is -0.382 e. The summed E-state index contributed by atoms with van der Waals surface area (Å²) in [5.41, 5.74) is 1.42. The van der Waals surface area contributed by atoms with Gasteiger partial charge in [-0.05, 0) is 13.0 Å². The Kier molecular flexibility index (Phi) is 2.55. The van der Waals surface area contributed by atoms with Gasteiger partial charge in [0.2, 0.25) is 0 Å². The zero-order valence-corrected chi connectivity index (χ0v) is 8.83. The highest BCUT2D eigenvalue weighted by Crippen LogP contribution is 2.18. The van der Waals surface area contributed by atoms with Crippen molar-refractivity contribution < 1.29 is 5.11 Å². The summed E-state index contributed by atoms with van der Waals surface area (Å²) in [4.78, 5) is 0. The molecule has 15 heavy (non-hydrogen) atoms. The van der Waals surface area contributed by atoms with Gasteiger partial charge in [-0.2, -0.15) is 10.2 Å². The van der Waals surface area contributed by atoms with E-state index in [9.17, 15) is 5.11 Å². The van der Waals surface area contributed by atoms with Gasteiger partial charge in [0.25, 0.3) is 0 Å². The number of aryl methyl sites for hydroxylation is 2. The fourth-order valence-corrected chi connectivity index (χ4v) is 1.44. The number of nitrogens with zero attached hydrogens (tertiary/aromatic N) is 4. The summed E-state index contributed by atoms with van der Waals surface area (Å²) in [6.45, 7) is 2.80. The van der Waals surface area contributed by atoms with Crippen molar-refractivity contribution in [1.29, 1.82) is 0 Å². The lowest BCUT2D eigenvalue weighted by Gasteiger charge is -2.03. The lowest BCUT2D eigenvalue weighted by atomic mass is 10.1. The molecule has 2 heterocycles. The largest absolute Gasteiger partial charge is 0.382 e. The van der Waals surface area contributed by atoms with E-state index in [1.165, 1.54) is 0 Å². The monoisotopic (exact) mass is 206 g/mol. The molecule has 1 unspecified atom stereocenters. The second kappa shape index (κ2) is 3.86. The SMILES string of the molecule is CCn1cc(C(O)c2ccn(C)n2)cn1. The molecule has 0 spiro atoms. The number of rotatable bonds is 3. The molecule has 0 saturated heterocycles. The molecule has 1 N–H and O–H groups in total. The molecule has 2 rings (SSSR count). The van der Waals surface area contributed by atoms with Gasteiger partial charge in [0.05, 0.1) is 11.9 Å². The Labute approximate surface area is 88.0 Å². The van der Waals surface area contributed by atoms with E-state index in [0.29, 0.717) is 5.69 Å². The number of aromatic nitrogens is 4. The van der Waals surface area contributed by atoms with Crippen molar-refractivity contribution in [2.75, 3.05) is 0 Å². The van der Waals surface area contributed by atoms with Gasteiger partial charge in [0, 0.05) is 31.5 Å². The quantitative estimate of drug-likeness (QED) is 0.805. The zero-order valence-electron chi connectivity index (χ0n) is 8.83. The first-order chi connectivity index (χ1) is 7.20. The Balaban J connectivity index is 2.23. The molecule has 0 aliphatic heterocycles. The van der Waals surface area contributed by atoms with E-state index in [0.717, 1.165) is 12.1 Å². The van der Waals surface area contributed by atoms with Crippen LogP contribution in [0.5, 0.6) is 0 Å². The van der Waals surface area contributed by atoms with E-state index in [4.69, 9.17) is 0 Å². The molecule has 0 aromatic carbocycles. The van der Waals surface area contributed by atoms with Crippen LogP contribution in [0, 0.1) is 0 Å². The third kappa shape index (κ3) is 1.92. The minimum absolute atomic E-state index is 0.646. The first-order valence-corrected chi connectivity index (χ1v) is 4.90. The van der Waals surface area contributed by atoms with E-state index in [1.54, 1.807) is 21.6 Å². The van der Waals surface area contributed by atoms with Gasteiger partial charge >= 0.3 is 0 Å². The second-order valence-corrected chi connectivity index (χ2v) is 3.45. The highest BCUT2D eigenvalue weighted by Gasteiger charge is 2.14. The molecule has 0 aliphatic carbocycles. The van der Waals surface area contributed by atoms with Crippen LogP contribution in [0.2, 0.25) is 0 Å². The Morgan fingerprint density at radius 3 is 2.87 bits per heavy atom. The van der Waals surface area contributed by atoms with E-state index < -0.39 is 6.10 Å². The summed E-state index contributed by atoms with van der Waals surface area (Å²) in [6, 6.07) is 1.80. The molecule has 0 radical (unpaired) electrons. The molecule has 0 fully saturated rings. The van der Waals surface area contributed by atoms with Crippen molar-refractivity contribution in [3.05, 3.63) is 35.9 Å². The molecular weight excluding hydrogens is 192 g/mol. The van der Waals surface area contributed by atoms with Crippen LogP contribution in [0.15, 0.2) is 24.7 Å². The standard InChI is InChI=1S/C10H14N4O/c1-3-14-7-8(6-11-14)10(15)9-4-5-13(2)12-9/h4-7,10,15H,3H2,1-2H3. The van der Waals surface area contributed by atoms with Crippen molar-refractivity contribution in [2.45, 2.75) is 19.6 Å². The van der Waals surface area contributed by atoms with Crippen LogP contribution in [-0.4, -0.2) is 24.7 Å². The highest BCUT2D eigenvalue weighted by atomic mass is 16.3. The molecule has 1 atom stereocenters. The molecule has 80 valence electrons. The van der Waals surface area contributed by atoms with Crippen LogP contribution in [-0.2, 0) is 13.6 Å². The van der Waals surface area contributed by atoms with Crippen LogP contribution >= 0.6 is 0 Å². The van der Waals surface area contributed by atoms with E-state index in [1.807, 2.05) is 26.4 Å². The number of hydrogen-bond acceptors (Lipinski definition) is 3. The summed E-state index contributed by atoms with van der Waals surface area (Å²) in [5.74, 6) is 0. The fraction of sp³-hybridized carbons (Fsp3) is 0.400. The van der Waals surface area contributed by atoms with Gasteiger partial charge in [0.1, 0.15) is 6.10 Å². The number of hydrogen-bond donors (Lipinski definition) is 1. The molecule has 5 nitrogen and oxygen atoms in total. The summed E-state index contributed by atoms with van der Waals surface area (Å²) in [6.07, 6.45) is 4.62. The summed E-state index contributed by atoms with van der Waals surface area (Å²) < 4.78 is 3.45. The maximum atomic E-state index is 9.98. The smallest absolute Gasteiger partial charge is 0.126 e. The van der Waals surface area contributed by atoms with Gasteiger partial charge in [-0.15, -0.1) is 0 Å². The van der Waals surface area contributed by atoms with Crippen LogP contribution < -0.4 is 0 Å². The summed E-state index contributed by atoms with van der Waals surface area (Å²) in [5, 5.41) is 18.2. The van der Waals surface area contributed by atoms with Crippen molar-refractivity contribution in [3.63, 3.8) is 0 Å². The van der Waals surface area contributed by atoms with Gasteiger partial charge in [0.15, 0.2) is 0 Å². The predicted molar refractivity (Wildman–Crippen MR) is 55.2 cm³/mol. The van der Waals surface area contributed by atoms with Crippen LogP contribution in [0.3, 0.4) is 0 Å². The van der Waals surface area contributed by atoms with Crippen molar-refractivity contribution in [3.8, 4) is 0 Å². The van der Waals surface area contributed by atoms with Crippen molar-refractivity contribution in [1.82, 2.24) is 19.6 Å². The molecule has 2 aromatic rings. The van der Waals surface area contributed by atoms with Crippen LogP contribution in [0.1, 0.15) is 24.3 Å². The summed E-state index contributed by atoms with van der Waals surface area (Å²) in [7, 11) is 1.83. The maximum Gasteiger partial charge on any atom is 0.126 e. The Bertz CT molecular complexity index is 446. The molecule has 0 amide bonds. The third-order valence-electron chi connectivity index (χ3n) is 2.31. The van der Waals surface area contributed by atoms with E-state index in [2.05, 4.69) is 10.2 Å². The number of aliphatic hydroxyl groups is 1. The topological polar surface area (TPSA) is 55.9 Å². The molecule has 0 aliphatic rings. The third-order valence-corrected chi connectivity index (χ3v) is 2.31. The van der Waals surface area contributed by atoms with Gasteiger partial charge in [-0.3, -0.25) is 9.36 Å². The van der Waals surface area contributed by atoms with Gasteiger partial charge in [-0.1, -0.05) is 0 Å². The molecule has 0 saturated carbocycles. The molecule has 0 bridgehead atoms. The predicted octanol–water partition coefficient (Wildman–Crippen LogP) is 0.718. The first kappa shape index (κ1) is 9.92. The van der Waals surface area contributed by atoms with E-state index in [-0.39, 0.29) is 0 Å². The highest BCUT2D eigenvalue weighted by molar-refractivity contribution is 5.19. The van der Waals surface area contributed by atoms with Gasteiger partial charge in [-0.25, -0.2) is 0 Å². The lowest BCUT2D eigenvalue weighted by molar-refractivity contribution is 0.214. The number of aliphatic hydroxyl groups excluding tert-OH is 1. The average molecular weight is 206 g/mol. The summed E-state index contributed by atoms with van der Waals surface area (Å²) >= 11 is 0. The van der Waals surface area contributed by atoms with E-state index >= 15 is 0 Å². The molecule has 2 aromatic heterocycles. The second-order valence-electron chi connectivity index (χ2n) is 3.45. The Hall–Kier alpha value is -1.62. The lowest BCUT2D eigenvalue weighted by Crippen LogP contribution is -2.01. The fourth-order valence-electron chi connectivity index (χ4n) is 1.44.